The summed E-state index contributed by atoms with van der Waals surface area (Å²) < 4.78 is 11.8. The SMILES string of the molecule is CC(C)N1CCO[C@@H](CC(=O)N2CCOC3(CCCC3)C2)C1. The van der Waals surface area contributed by atoms with Crippen molar-refractivity contribution in [2.24, 2.45) is 0 Å². The summed E-state index contributed by atoms with van der Waals surface area (Å²) in [7, 11) is 0. The van der Waals surface area contributed by atoms with E-state index in [0.29, 0.717) is 19.1 Å². The van der Waals surface area contributed by atoms with Crippen molar-refractivity contribution in [3.63, 3.8) is 0 Å². The molecule has 0 bridgehead atoms. The van der Waals surface area contributed by atoms with Crippen molar-refractivity contribution in [2.75, 3.05) is 39.4 Å². The van der Waals surface area contributed by atoms with Crippen LogP contribution in [-0.2, 0) is 14.3 Å². The molecule has 5 heteroatoms. The van der Waals surface area contributed by atoms with E-state index in [9.17, 15) is 4.79 Å². The first-order valence-electron chi connectivity index (χ1n) is 8.85. The number of carbonyl (C=O) groups excluding carboxylic acids is 1. The van der Waals surface area contributed by atoms with Crippen molar-refractivity contribution < 1.29 is 14.3 Å². The summed E-state index contributed by atoms with van der Waals surface area (Å²) in [5.41, 5.74) is -0.0364. The van der Waals surface area contributed by atoms with Crippen molar-refractivity contribution >= 4 is 5.91 Å². The van der Waals surface area contributed by atoms with Gasteiger partial charge in [0.1, 0.15) is 0 Å². The van der Waals surface area contributed by atoms with Crippen LogP contribution >= 0.6 is 0 Å². The van der Waals surface area contributed by atoms with Crippen LogP contribution in [-0.4, -0.2) is 72.8 Å². The number of rotatable bonds is 3. The summed E-state index contributed by atoms with van der Waals surface area (Å²) >= 11 is 0. The van der Waals surface area contributed by atoms with E-state index in [1.165, 1.54) is 12.8 Å². The molecule has 0 unspecified atom stereocenters. The van der Waals surface area contributed by atoms with Gasteiger partial charge >= 0.3 is 0 Å². The summed E-state index contributed by atoms with van der Waals surface area (Å²) in [4.78, 5) is 17.1. The minimum Gasteiger partial charge on any atom is -0.375 e. The second-order valence-corrected chi connectivity index (χ2v) is 7.34. The molecule has 1 amide bonds. The van der Waals surface area contributed by atoms with E-state index >= 15 is 0 Å². The Bertz CT molecular complexity index is 393. The Hall–Kier alpha value is -0.650. The maximum Gasteiger partial charge on any atom is 0.225 e. The van der Waals surface area contributed by atoms with Crippen LogP contribution < -0.4 is 0 Å². The maximum absolute atomic E-state index is 12.7. The molecule has 22 heavy (non-hydrogen) atoms. The molecule has 2 heterocycles. The zero-order valence-corrected chi connectivity index (χ0v) is 14.1. The van der Waals surface area contributed by atoms with Crippen LogP contribution in [0.2, 0.25) is 0 Å². The molecule has 0 aromatic carbocycles. The monoisotopic (exact) mass is 310 g/mol. The molecule has 126 valence electrons. The highest BCUT2D eigenvalue weighted by atomic mass is 16.5. The molecule has 0 aromatic rings. The van der Waals surface area contributed by atoms with E-state index < -0.39 is 0 Å². The van der Waals surface area contributed by atoms with Crippen molar-refractivity contribution in [1.82, 2.24) is 9.80 Å². The molecule has 1 aliphatic carbocycles. The fourth-order valence-corrected chi connectivity index (χ4v) is 4.04. The Kier molecular flexibility index (Phi) is 5.05. The van der Waals surface area contributed by atoms with Crippen molar-refractivity contribution in [2.45, 2.75) is 63.7 Å². The van der Waals surface area contributed by atoms with E-state index in [2.05, 4.69) is 18.7 Å². The van der Waals surface area contributed by atoms with E-state index in [1.54, 1.807) is 0 Å². The third-order valence-corrected chi connectivity index (χ3v) is 5.42. The van der Waals surface area contributed by atoms with Gasteiger partial charge in [-0.25, -0.2) is 0 Å². The smallest absolute Gasteiger partial charge is 0.225 e. The first kappa shape index (κ1) is 16.2. The fraction of sp³-hybridized carbons (Fsp3) is 0.941. The number of ether oxygens (including phenoxy) is 2. The minimum atomic E-state index is -0.0364. The first-order chi connectivity index (χ1) is 10.6. The molecule has 2 saturated heterocycles. The van der Waals surface area contributed by atoms with Gasteiger partial charge in [0.05, 0.1) is 31.3 Å². The number of hydrogen-bond donors (Lipinski definition) is 0. The highest BCUT2D eigenvalue weighted by Crippen LogP contribution is 2.36. The molecule has 0 N–H and O–H groups in total. The lowest BCUT2D eigenvalue weighted by atomic mass is 9.99. The molecule has 1 spiro atoms. The number of amides is 1. The lowest BCUT2D eigenvalue weighted by Crippen LogP contribution is -2.54. The second kappa shape index (κ2) is 6.85. The average Bonchev–Trinajstić information content (AvgIpc) is 2.95. The van der Waals surface area contributed by atoms with Gasteiger partial charge in [0.2, 0.25) is 5.91 Å². The van der Waals surface area contributed by atoms with Gasteiger partial charge in [0, 0.05) is 32.2 Å². The average molecular weight is 310 g/mol. The van der Waals surface area contributed by atoms with Gasteiger partial charge in [-0.1, -0.05) is 12.8 Å². The van der Waals surface area contributed by atoms with Gasteiger partial charge in [-0.05, 0) is 26.7 Å². The Morgan fingerprint density at radius 2 is 2.00 bits per heavy atom. The van der Waals surface area contributed by atoms with Crippen LogP contribution in [0.4, 0.5) is 0 Å². The number of hydrogen-bond acceptors (Lipinski definition) is 4. The van der Waals surface area contributed by atoms with Gasteiger partial charge in [0.15, 0.2) is 0 Å². The molecule has 3 aliphatic rings. The zero-order chi connectivity index (χ0) is 15.6. The fourth-order valence-electron chi connectivity index (χ4n) is 4.04. The molecule has 5 nitrogen and oxygen atoms in total. The predicted molar refractivity (Wildman–Crippen MR) is 84.8 cm³/mol. The first-order valence-corrected chi connectivity index (χ1v) is 8.85. The summed E-state index contributed by atoms with van der Waals surface area (Å²) in [6, 6.07) is 0.520. The third kappa shape index (κ3) is 3.63. The summed E-state index contributed by atoms with van der Waals surface area (Å²) in [5, 5.41) is 0. The van der Waals surface area contributed by atoms with Crippen molar-refractivity contribution in [1.29, 1.82) is 0 Å². The quantitative estimate of drug-likeness (QED) is 0.795. The topological polar surface area (TPSA) is 42.0 Å². The summed E-state index contributed by atoms with van der Waals surface area (Å²) in [6.45, 7) is 9.21. The van der Waals surface area contributed by atoms with Crippen molar-refractivity contribution in [3.05, 3.63) is 0 Å². The van der Waals surface area contributed by atoms with Gasteiger partial charge in [-0.3, -0.25) is 9.69 Å². The van der Waals surface area contributed by atoms with Gasteiger partial charge in [0.25, 0.3) is 0 Å². The van der Waals surface area contributed by atoms with Crippen LogP contribution in [0.3, 0.4) is 0 Å². The number of nitrogens with zero attached hydrogens (tertiary/aromatic N) is 2. The van der Waals surface area contributed by atoms with Crippen LogP contribution in [0.25, 0.3) is 0 Å². The van der Waals surface area contributed by atoms with E-state index in [0.717, 1.165) is 45.6 Å². The zero-order valence-electron chi connectivity index (χ0n) is 14.1. The molecule has 1 saturated carbocycles. The van der Waals surface area contributed by atoms with Gasteiger partial charge in [-0.15, -0.1) is 0 Å². The highest BCUT2D eigenvalue weighted by molar-refractivity contribution is 5.77. The van der Waals surface area contributed by atoms with Crippen LogP contribution in [0, 0.1) is 0 Å². The Balaban J connectivity index is 1.53. The van der Waals surface area contributed by atoms with Crippen molar-refractivity contribution in [3.8, 4) is 0 Å². The Morgan fingerprint density at radius 1 is 1.23 bits per heavy atom. The maximum atomic E-state index is 12.7. The minimum absolute atomic E-state index is 0.0364. The predicted octanol–water partition coefficient (Wildman–Crippen LogP) is 1.66. The standard InChI is InChI=1S/C17H30N2O3/c1-14(2)18-7-9-21-15(12-18)11-16(20)19-8-10-22-17(13-19)5-3-4-6-17/h14-15H,3-13H2,1-2H3/t15-/m0/s1. The molecule has 3 fully saturated rings. The third-order valence-electron chi connectivity index (χ3n) is 5.42. The lowest BCUT2D eigenvalue weighted by molar-refractivity contribution is -0.154. The van der Waals surface area contributed by atoms with Crippen LogP contribution in [0.15, 0.2) is 0 Å². The van der Waals surface area contributed by atoms with E-state index in [4.69, 9.17) is 9.47 Å². The van der Waals surface area contributed by atoms with E-state index in [-0.39, 0.29) is 17.6 Å². The summed E-state index contributed by atoms with van der Waals surface area (Å²) in [6.07, 6.45) is 5.24. The molecule has 2 aliphatic heterocycles. The normalized spacial score (nSPS) is 29.4. The number of morpholine rings is 2. The summed E-state index contributed by atoms with van der Waals surface area (Å²) in [5.74, 6) is 0.241. The Morgan fingerprint density at radius 3 is 2.73 bits per heavy atom. The second-order valence-electron chi connectivity index (χ2n) is 7.34. The van der Waals surface area contributed by atoms with Crippen LogP contribution in [0.1, 0.15) is 46.0 Å². The number of carbonyl (C=O) groups is 1. The van der Waals surface area contributed by atoms with Crippen LogP contribution in [0.5, 0.6) is 0 Å². The largest absolute Gasteiger partial charge is 0.375 e. The lowest BCUT2D eigenvalue weighted by Gasteiger charge is -2.41. The molecular formula is C17H30N2O3. The van der Waals surface area contributed by atoms with Gasteiger partial charge < -0.3 is 14.4 Å². The molecule has 1 atom stereocenters. The highest BCUT2D eigenvalue weighted by Gasteiger charge is 2.41. The van der Waals surface area contributed by atoms with Gasteiger partial charge in [-0.2, -0.15) is 0 Å². The molecule has 0 aromatic heterocycles. The molecular weight excluding hydrogens is 280 g/mol. The molecule has 0 radical (unpaired) electrons. The van der Waals surface area contributed by atoms with E-state index in [1.807, 2.05) is 4.90 Å². The molecule has 3 rings (SSSR count). The Labute approximate surface area is 133 Å².